The third-order valence-electron chi connectivity index (χ3n) is 18.1. The Kier molecular flexibility index (Phi) is 36.9. The van der Waals surface area contributed by atoms with Crippen LogP contribution in [0.1, 0.15) is 203 Å². The van der Waals surface area contributed by atoms with E-state index in [0.717, 1.165) is 105 Å². The van der Waals surface area contributed by atoms with Gasteiger partial charge in [0.1, 0.15) is 49.7 Å². The molecule has 0 atom stereocenters. The van der Waals surface area contributed by atoms with Crippen molar-refractivity contribution in [3.63, 3.8) is 0 Å². The highest BCUT2D eigenvalue weighted by Gasteiger charge is 2.31. The Bertz CT molecular complexity index is 4810. The Morgan fingerprint density at radius 1 is 0.442 bits per heavy atom. The van der Waals surface area contributed by atoms with Crippen molar-refractivity contribution in [2.24, 2.45) is 21.7 Å². The molecular formula is C88H136Br2N24O6. The lowest BCUT2D eigenvalue weighted by molar-refractivity contribution is -0.383. The Hall–Kier alpha value is -10.9. The minimum absolute atomic E-state index is 0. The molecule has 4 aromatic heterocycles. The number of nitrogens with zero attached hydrogens (tertiary/aromatic N) is 15. The maximum Gasteiger partial charge on any atom is 0.353 e. The number of carbonyl (C=O) groups is 4. The van der Waals surface area contributed by atoms with Gasteiger partial charge in [-0.3, -0.25) is 29.3 Å². The molecule has 0 unspecified atom stereocenters. The van der Waals surface area contributed by atoms with Crippen LogP contribution in [-0.4, -0.2) is 183 Å². The molecule has 0 aliphatic carbocycles. The minimum Gasteiger partial charge on any atom is -0.358 e. The highest BCUT2D eigenvalue weighted by molar-refractivity contribution is 9.11. The molecule has 658 valence electrons. The molecule has 0 radical (unpaired) electrons. The van der Waals surface area contributed by atoms with Gasteiger partial charge in [0, 0.05) is 159 Å². The van der Waals surface area contributed by atoms with Gasteiger partial charge in [0.2, 0.25) is 17.6 Å². The van der Waals surface area contributed by atoms with Gasteiger partial charge in [-0.05, 0) is 179 Å². The molecule has 0 bridgehead atoms. The first-order valence-corrected chi connectivity index (χ1v) is 41.7. The van der Waals surface area contributed by atoms with E-state index in [0.29, 0.717) is 100 Å². The fourth-order valence-electron chi connectivity index (χ4n) is 12.5. The van der Waals surface area contributed by atoms with Gasteiger partial charge in [-0.1, -0.05) is 128 Å². The fraction of sp³-hybridized carbons (Fsp3) is 0.489. The van der Waals surface area contributed by atoms with Crippen LogP contribution in [0.25, 0.3) is 0 Å². The number of aryl methyl sites for hydroxylation is 7. The molecule has 30 nitrogen and oxygen atoms in total. The smallest absolute Gasteiger partial charge is 0.353 e. The number of nitrogens with one attached hydrogen (secondary N) is 9. The van der Waals surface area contributed by atoms with E-state index in [1.165, 1.54) is 0 Å². The first-order chi connectivity index (χ1) is 56.0. The second-order valence-corrected chi connectivity index (χ2v) is 36.2. The summed E-state index contributed by atoms with van der Waals surface area (Å²) in [7, 11) is 18.3. The van der Waals surface area contributed by atoms with Gasteiger partial charge in [0.25, 0.3) is 23.6 Å². The van der Waals surface area contributed by atoms with Gasteiger partial charge in [-0.25, -0.2) is 29.9 Å². The van der Waals surface area contributed by atoms with E-state index >= 15 is 0 Å². The highest BCUT2D eigenvalue weighted by Crippen LogP contribution is 2.40. The summed E-state index contributed by atoms with van der Waals surface area (Å²) in [5, 5.41) is 49.0. The summed E-state index contributed by atoms with van der Waals surface area (Å²) in [5.74, 6) is 6.26. The fourth-order valence-corrected chi connectivity index (χ4v) is 13.7. The van der Waals surface area contributed by atoms with E-state index in [1.807, 2.05) is 131 Å². The third-order valence-corrected chi connectivity index (χ3v) is 19.5. The summed E-state index contributed by atoms with van der Waals surface area (Å²) in [4.78, 5) is 107. The highest BCUT2D eigenvalue weighted by atomic mass is 79.9. The molecular weight excluding hydrogens is 1650 g/mol. The Morgan fingerprint density at radius 2 is 0.733 bits per heavy atom. The Labute approximate surface area is 733 Å². The average molecular weight is 1790 g/mol. The largest absolute Gasteiger partial charge is 0.358 e. The predicted octanol–water partition coefficient (Wildman–Crippen LogP) is 17.8. The summed E-state index contributed by atoms with van der Waals surface area (Å²) in [5.41, 5.74) is 9.32. The molecule has 0 spiro atoms. The van der Waals surface area contributed by atoms with Crippen molar-refractivity contribution in [1.29, 1.82) is 5.26 Å². The zero-order valence-electron chi connectivity index (χ0n) is 75.9. The Morgan fingerprint density at radius 3 is 1.02 bits per heavy atom. The summed E-state index contributed by atoms with van der Waals surface area (Å²) in [6.07, 6.45) is 2.92. The molecule has 4 amide bonds. The standard InChI is InChI=1S/C25H38N8O.2C21H30BrN5O.C21H30N6O3.4H2/c1-17-10-11-18(23(34)27-5)14-20(17)29-21-19(15-26)22(33(8)16-25(2,3)4)31-24(30-21)28-12-9-13-32(6)7;2*1-8-16-25-18(17(22)19(26-16)27(7)12-21(3,4)5)24-15-11-14(20(28)23-6)10-9-13(15)2;1-8-16-24-18(23-15-11-14(20(28)22-6)10-9-13(15)2)17(27(29)30)19(25-16)26(7)12-21(3,4)5;;;;/h10-11,14H,9,12-13,16H2,1-8H3,(H,27,34)(H2,28,29,30,31);2*9-11H,8,12H2,1-7H3,(H,23,28)(H,24,25,26);9-11H,8,12H2,1-7H3,(H,22,28)(H,23,24,25);4*1H. The number of halogens is 2. The van der Waals surface area contributed by atoms with Gasteiger partial charge in [-0.2, -0.15) is 15.2 Å². The number of rotatable bonds is 29. The van der Waals surface area contributed by atoms with Gasteiger partial charge in [-0.15, -0.1) is 0 Å². The number of amides is 4. The van der Waals surface area contributed by atoms with Crippen LogP contribution >= 0.6 is 31.9 Å². The molecule has 4 aromatic carbocycles. The maximum atomic E-state index is 12.1. The summed E-state index contributed by atoms with van der Waals surface area (Å²) in [6, 6.07) is 24.0. The van der Waals surface area contributed by atoms with E-state index < -0.39 is 4.92 Å². The lowest BCUT2D eigenvalue weighted by atomic mass is 9.96. The second-order valence-electron chi connectivity index (χ2n) is 34.6. The van der Waals surface area contributed by atoms with Crippen LogP contribution in [0.2, 0.25) is 0 Å². The van der Waals surface area contributed by atoms with E-state index in [-0.39, 0.29) is 68.3 Å². The molecule has 8 aromatic rings. The molecule has 32 heteroatoms. The first kappa shape index (κ1) is 99.7. The lowest BCUT2D eigenvalue weighted by Gasteiger charge is -2.29. The zero-order chi connectivity index (χ0) is 90.2. The molecule has 0 saturated heterocycles. The van der Waals surface area contributed by atoms with Gasteiger partial charge < -0.3 is 72.4 Å². The number of hydrogen-bond acceptors (Lipinski definition) is 25. The SMILES string of the molecule is CCc1nc(Nc2cc(C(=O)NC)ccc2C)c(Br)c(N(C)CC(C)(C)C)n1.CCc1nc(Nc2cc(C(=O)NC)ccc2C)c(Br)c(N(C)CC(C)(C)C)n1.CCc1nc(Nc2cc(C(=O)NC)ccc2C)c([N+](=O)[O-])c(N(C)CC(C)(C)C)n1.CNC(=O)c1ccc(C)c(Nc2nc(NCCCN(C)C)nc(N(C)CC(C)(C)C)c2C#N)c1.[HH].[HH].[HH].[HH]. The molecule has 0 aliphatic heterocycles. The molecule has 120 heavy (non-hydrogen) atoms. The first-order valence-electron chi connectivity index (χ1n) is 40.1. The quantitative estimate of drug-likeness (QED) is 0.0119. The summed E-state index contributed by atoms with van der Waals surface area (Å²) in [6.45, 7) is 44.2. The second kappa shape index (κ2) is 44.4. The van der Waals surface area contributed by atoms with Crippen molar-refractivity contribution in [1.82, 2.24) is 66.0 Å². The maximum absolute atomic E-state index is 12.1. The summed E-state index contributed by atoms with van der Waals surface area (Å²) < 4.78 is 1.61. The topological polar surface area (TPSA) is 363 Å². The average Bonchev–Trinajstić information content (AvgIpc) is 0.815. The third kappa shape index (κ3) is 30.1. The minimum atomic E-state index is -0.464. The van der Waals surface area contributed by atoms with Crippen LogP contribution < -0.4 is 67.5 Å². The number of hydrogen-bond donors (Lipinski definition) is 9. The van der Waals surface area contributed by atoms with Crippen molar-refractivity contribution in [2.75, 3.05) is 156 Å². The van der Waals surface area contributed by atoms with Crippen LogP contribution in [0.15, 0.2) is 81.7 Å². The van der Waals surface area contributed by atoms with Gasteiger partial charge in [0.15, 0.2) is 23.3 Å². The number of nitro groups is 1. The van der Waals surface area contributed by atoms with Gasteiger partial charge in [0.05, 0.1) is 4.92 Å². The van der Waals surface area contributed by atoms with Crippen molar-refractivity contribution >= 4 is 136 Å². The Balaban J connectivity index is 0.000000820. The molecule has 8 rings (SSSR count). The monoisotopic (exact) mass is 1780 g/mol. The zero-order valence-corrected chi connectivity index (χ0v) is 79.1. The number of anilines is 13. The number of carbonyl (C=O) groups excluding carboxylic acids is 4. The number of nitriles is 1. The van der Waals surface area contributed by atoms with Crippen LogP contribution in [0.4, 0.5) is 80.9 Å². The number of aromatic nitrogens is 8. The van der Waals surface area contributed by atoms with Crippen molar-refractivity contribution in [3.8, 4) is 6.07 Å². The van der Waals surface area contributed by atoms with Crippen LogP contribution in [-0.2, 0) is 19.3 Å². The normalized spacial score (nSPS) is 11.2. The van der Waals surface area contributed by atoms with E-state index in [9.17, 15) is 34.6 Å². The van der Waals surface area contributed by atoms with Crippen molar-refractivity contribution < 1.29 is 29.8 Å². The molecule has 9 N–H and O–H groups in total. The van der Waals surface area contributed by atoms with E-state index in [4.69, 9.17) is 15.0 Å². The van der Waals surface area contributed by atoms with E-state index in [1.54, 1.807) is 70.5 Å². The van der Waals surface area contributed by atoms with Crippen molar-refractivity contribution in [3.05, 3.63) is 159 Å². The van der Waals surface area contributed by atoms with Crippen LogP contribution in [0.5, 0.6) is 0 Å². The molecule has 0 saturated carbocycles. The van der Waals surface area contributed by atoms with Crippen LogP contribution in [0.3, 0.4) is 0 Å². The predicted molar refractivity (Wildman–Crippen MR) is 505 cm³/mol. The summed E-state index contributed by atoms with van der Waals surface area (Å²) >= 11 is 7.38. The molecule has 4 heterocycles. The molecule has 0 fully saturated rings. The van der Waals surface area contributed by atoms with Crippen LogP contribution in [0, 0.1) is 70.8 Å². The van der Waals surface area contributed by atoms with E-state index in [2.05, 4.69) is 208 Å². The van der Waals surface area contributed by atoms with Gasteiger partial charge >= 0.3 is 5.69 Å². The number of benzene rings is 4. The lowest BCUT2D eigenvalue weighted by Crippen LogP contribution is -2.31. The van der Waals surface area contributed by atoms with Crippen molar-refractivity contribution in [2.45, 2.75) is 157 Å². The molecule has 0 aliphatic rings.